The highest BCUT2D eigenvalue weighted by Crippen LogP contribution is 2.30. The second-order valence-electron chi connectivity index (χ2n) is 4.93. The van der Waals surface area contributed by atoms with Gasteiger partial charge in [0, 0.05) is 5.56 Å². The molecule has 110 valence electrons. The van der Waals surface area contributed by atoms with Gasteiger partial charge in [-0.3, -0.25) is 4.79 Å². The number of ether oxygens (including phenoxy) is 1. The summed E-state index contributed by atoms with van der Waals surface area (Å²) in [5.74, 6) is 0.0461. The molecule has 3 nitrogen and oxygen atoms in total. The van der Waals surface area contributed by atoms with Crippen molar-refractivity contribution in [3.05, 3.63) is 35.4 Å². The van der Waals surface area contributed by atoms with Crippen LogP contribution in [-0.4, -0.2) is 17.7 Å². The molecule has 0 amide bonds. The van der Waals surface area contributed by atoms with Crippen LogP contribution in [0, 0.1) is 6.92 Å². The molecule has 0 saturated heterocycles. The van der Waals surface area contributed by atoms with E-state index in [1.54, 1.807) is 6.08 Å². The zero-order valence-electron chi connectivity index (χ0n) is 12.6. The molecule has 3 heteroatoms. The summed E-state index contributed by atoms with van der Waals surface area (Å²) >= 11 is 0. The summed E-state index contributed by atoms with van der Waals surface area (Å²) in [5, 5.41) is 8.87. The van der Waals surface area contributed by atoms with E-state index in [1.165, 1.54) is 0 Å². The number of benzene rings is 1. The second-order valence-corrected chi connectivity index (χ2v) is 4.93. The van der Waals surface area contributed by atoms with Gasteiger partial charge in [0.05, 0.1) is 13.0 Å². The zero-order valence-corrected chi connectivity index (χ0v) is 12.6. The fourth-order valence-corrected chi connectivity index (χ4v) is 2.06. The molecular weight excluding hydrogens is 252 g/mol. The first-order valence-corrected chi connectivity index (χ1v) is 7.23. The first-order valence-electron chi connectivity index (χ1n) is 7.23. The van der Waals surface area contributed by atoms with Crippen LogP contribution in [0.15, 0.2) is 24.3 Å². The Hall–Kier alpha value is -1.77. The standard InChI is InChI=1S/C17H24O3/c1-4-6-14(8-10-17(18)19)15-12-13(3)7-9-16(15)20-11-5-2/h7-9,12H,4-6,10-11H2,1-3H3,(H,18,19)/b14-8+. The number of hydrogen-bond acceptors (Lipinski definition) is 2. The Bertz CT molecular complexity index is 475. The van der Waals surface area contributed by atoms with Gasteiger partial charge < -0.3 is 9.84 Å². The van der Waals surface area contributed by atoms with Crippen molar-refractivity contribution in [1.82, 2.24) is 0 Å². The lowest BCUT2D eigenvalue weighted by atomic mass is 9.97. The van der Waals surface area contributed by atoms with Crippen LogP contribution in [-0.2, 0) is 4.79 Å². The van der Waals surface area contributed by atoms with Gasteiger partial charge in [0.2, 0.25) is 0 Å². The van der Waals surface area contributed by atoms with E-state index in [0.717, 1.165) is 41.7 Å². The summed E-state index contributed by atoms with van der Waals surface area (Å²) < 4.78 is 5.79. The van der Waals surface area contributed by atoms with Crippen LogP contribution in [0.25, 0.3) is 5.57 Å². The van der Waals surface area contributed by atoms with E-state index in [2.05, 4.69) is 19.9 Å². The van der Waals surface area contributed by atoms with Crippen LogP contribution in [0.5, 0.6) is 5.75 Å². The summed E-state index contributed by atoms with van der Waals surface area (Å²) in [7, 11) is 0. The van der Waals surface area contributed by atoms with E-state index >= 15 is 0 Å². The Labute approximate surface area is 121 Å². The lowest BCUT2D eigenvalue weighted by Crippen LogP contribution is -2.00. The third-order valence-electron chi connectivity index (χ3n) is 2.99. The van der Waals surface area contributed by atoms with Crippen LogP contribution < -0.4 is 4.74 Å². The lowest BCUT2D eigenvalue weighted by molar-refractivity contribution is -0.135. The fraction of sp³-hybridized carbons (Fsp3) is 0.471. The van der Waals surface area contributed by atoms with Crippen molar-refractivity contribution in [3.8, 4) is 5.75 Å². The summed E-state index contributed by atoms with van der Waals surface area (Å²) in [4.78, 5) is 10.8. The van der Waals surface area contributed by atoms with Crippen LogP contribution in [0.4, 0.5) is 0 Å². The fourth-order valence-electron chi connectivity index (χ4n) is 2.06. The maximum absolute atomic E-state index is 10.8. The predicted octanol–water partition coefficient (Wildman–Crippen LogP) is 4.44. The van der Waals surface area contributed by atoms with Crippen molar-refractivity contribution < 1.29 is 14.6 Å². The molecule has 0 unspecified atom stereocenters. The third-order valence-corrected chi connectivity index (χ3v) is 2.99. The van der Waals surface area contributed by atoms with E-state index in [4.69, 9.17) is 9.84 Å². The van der Waals surface area contributed by atoms with Crippen LogP contribution in [0.1, 0.15) is 50.7 Å². The van der Waals surface area contributed by atoms with E-state index < -0.39 is 5.97 Å². The first-order chi connectivity index (χ1) is 9.58. The molecule has 20 heavy (non-hydrogen) atoms. The van der Waals surface area contributed by atoms with Crippen LogP contribution in [0.2, 0.25) is 0 Å². The van der Waals surface area contributed by atoms with E-state index in [1.807, 2.05) is 19.1 Å². The number of aryl methyl sites for hydroxylation is 1. The summed E-state index contributed by atoms with van der Waals surface area (Å²) in [6.07, 6.45) is 4.65. The Morgan fingerprint density at radius 1 is 1.30 bits per heavy atom. The molecule has 0 aliphatic heterocycles. The van der Waals surface area contributed by atoms with Gasteiger partial charge in [-0.2, -0.15) is 0 Å². The molecule has 0 aromatic heterocycles. The van der Waals surface area contributed by atoms with Gasteiger partial charge in [0.1, 0.15) is 5.75 Å². The molecule has 0 atom stereocenters. The molecule has 1 aromatic rings. The summed E-state index contributed by atoms with van der Waals surface area (Å²) in [5.41, 5.74) is 3.24. The topological polar surface area (TPSA) is 46.5 Å². The normalized spacial score (nSPS) is 11.4. The highest BCUT2D eigenvalue weighted by atomic mass is 16.5. The van der Waals surface area contributed by atoms with Crippen molar-refractivity contribution in [3.63, 3.8) is 0 Å². The Kier molecular flexibility index (Phi) is 6.85. The molecule has 0 heterocycles. The Morgan fingerprint density at radius 3 is 2.65 bits per heavy atom. The molecule has 0 spiro atoms. The van der Waals surface area contributed by atoms with Gasteiger partial charge in [-0.15, -0.1) is 0 Å². The van der Waals surface area contributed by atoms with E-state index in [0.29, 0.717) is 6.61 Å². The largest absolute Gasteiger partial charge is 0.493 e. The first kappa shape index (κ1) is 16.3. The third kappa shape index (κ3) is 5.08. The molecule has 1 rings (SSSR count). The molecule has 0 radical (unpaired) electrons. The second kappa shape index (κ2) is 8.41. The number of carboxylic acids is 1. The molecule has 0 fully saturated rings. The minimum atomic E-state index is -0.803. The zero-order chi connectivity index (χ0) is 15.0. The van der Waals surface area contributed by atoms with Crippen LogP contribution in [0.3, 0.4) is 0 Å². The van der Waals surface area contributed by atoms with Gasteiger partial charge >= 0.3 is 5.97 Å². The molecule has 1 aromatic carbocycles. The quantitative estimate of drug-likeness (QED) is 0.763. The van der Waals surface area contributed by atoms with Crippen LogP contribution >= 0.6 is 0 Å². The molecule has 0 aliphatic carbocycles. The number of hydrogen-bond donors (Lipinski definition) is 1. The highest BCUT2D eigenvalue weighted by Gasteiger charge is 2.10. The number of rotatable bonds is 8. The molecule has 0 aliphatic rings. The van der Waals surface area contributed by atoms with Gasteiger partial charge in [-0.1, -0.05) is 38.0 Å². The van der Waals surface area contributed by atoms with Crippen molar-refractivity contribution in [1.29, 1.82) is 0 Å². The maximum atomic E-state index is 10.8. The van der Waals surface area contributed by atoms with Gasteiger partial charge in [-0.05, 0) is 37.5 Å². The number of carbonyl (C=O) groups is 1. The minimum Gasteiger partial charge on any atom is -0.493 e. The average molecular weight is 276 g/mol. The molecule has 0 saturated carbocycles. The van der Waals surface area contributed by atoms with Crippen molar-refractivity contribution >= 4 is 11.5 Å². The van der Waals surface area contributed by atoms with E-state index in [-0.39, 0.29) is 6.42 Å². The molecule has 1 N–H and O–H groups in total. The van der Waals surface area contributed by atoms with Crippen molar-refractivity contribution in [2.75, 3.05) is 6.61 Å². The number of aliphatic carboxylic acids is 1. The molecule has 0 bridgehead atoms. The highest BCUT2D eigenvalue weighted by molar-refractivity contribution is 5.76. The van der Waals surface area contributed by atoms with Crippen molar-refractivity contribution in [2.24, 2.45) is 0 Å². The smallest absolute Gasteiger partial charge is 0.307 e. The molecular formula is C17H24O3. The van der Waals surface area contributed by atoms with Crippen molar-refractivity contribution in [2.45, 2.75) is 46.5 Å². The van der Waals surface area contributed by atoms with Gasteiger partial charge in [0.15, 0.2) is 0 Å². The number of allylic oxidation sites excluding steroid dienone is 1. The van der Waals surface area contributed by atoms with Gasteiger partial charge in [0.25, 0.3) is 0 Å². The summed E-state index contributed by atoms with van der Waals surface area (Å²) in [6, 6.07) is 6.08. The SMILES string of the molecule is CCCOc1ccc(C)cc1/C(=C/CC(=O)O)CCC. The Morgan fingerprint density at radius 2 is 2.05 bits per heavy atom. The average Bonchev–Trinajstić information content (AvgIpc) is 2.42. The monoisotopic (exact) mass is 276 g/mol. The minimum absolute atomic E-state index is 0.0521. The number of carboxylic acid groups (broad SMARTS) is 1. The summed E-state index contributed by atoms with van der Waals surface area (Å²) in [6.45, 7) is 6.88. The maximum Gasteiger partial charge on any atom is 0.307 e. The lowest BCUT2D eigenvalue weighted by Gasteiger charge is -2.14. The predicted molar refractivity (Wildman–Crippen MR) is 82.1 cm³/mol. The van der Waals surface area contributed by atoms with Gasteiger partial charge in [-0.25, -0.2) is 0 Å². The van der Waals surface area contributed by atoms with E-state index in [9.17, 15) is 4.79 Å². The Balaban J connectivity index is 3.12.